The van der Waals surface area contributed by atoms with Crippen LogP contribution < -0.4 is 35.5 Å². The van der Waals surface area contributed by atoms with E-state index in [4.69, 9.17) is 14.2 Å². The van der Waals surface area contributed by atoms with Crippen molar-refractivity contribution in [1.29, 1.82) is 0 Å². The van der Waals surface area contributed by atoms with E-state index in [0.29, 0.717) is 16.7 Å². The van der Waals surface area contributed by atoms with Gasteiger partial charge in [0.05, 0.1) is 5.37 Å². The predicted octanol–water partition coefficient (Wildman–Crippen LogP) is 1.92. The molecule has 3 saturated heterocycles. The van der Waals surface area contributed by atoms with Crippen molar-refractivity contribution in [2.45, 2.75) is 108 Å². The monoisotopic (exact) mass is 1070 g/mol. The van der Waals surface area contributed by atoms with E-state index >= 15 is 9.59 Å². The molecule has 9 unspecified atom stereocenters. The number of rotatable bonds is 21. The Morgan fingerprint density at radius 2 is 0.849 bits per heavy atom. The van der Waals surface area contributed by atoms with Crippen molar-refractivity contribution in [2.75, 3.05) is 19.8 Å². The zero-order valence-corrected chi connectivity index (χ0v) is 42.7. The van der Waals surface area contributed by atoms with Gasteiger partial charge in [0.2, 0.25) is 11.8 Å². The molecule has 0 saturated carbocycles. The molecule has 0 aliphatic carbocycles. The number of nitrogens with one attached hydrogen (secondary N) is 4. The average molecular weight is 1070 g/mol. The maximum atomic E-state index is 15.8. The molecule has 3 aliphatic heterocycles. The fourth-order valence-electron chi connectivity index (χ4n) is 8.69. The molecule has 5 amide bonds. The first-order valence-electron chi connectivity index (χ1n) is 22.6. The summed E-state index contributed by atoms with van der Waals surface area (Å²) >= 11 is 2.40. The number of nitrogens with zero attached hydrogens (tertiary/aromatic N) is 2. The van der Waals surface area contributed by atoms with Gasteiger partial charge in [-0.05, 0) is 77.9 Å². The summed E-state index contributed by atoms with van der Waals surface area (Å²) in [6.07, 6.45) is 0. The van der Waals surface area contributed by atoms with Gasteiger partial charge in [-0.15, -0.1) is 35.3 Å². The lowest BCUT2D eigenvalue weighted by molar-refractivity contribution is -0.157. The Hall–Kier alpha value is -6.70. The van der Waals surface area contributed by atoms with Gasteiger partial charge in [0.1, 0.15) is 58.2 Å². The maximum Gasteiger partial charge on any atom is 0.329 e. The highest BCUT2D eigenvalue weighted by atomic mass is 32.2. The Bertz CT molecular complexity index is 2560. The number of hydrogen-bond acceptors (Lipinski definition) is 16. The Morgan fingerprint density at radius 3 is 1.19 bits per heavy atom. The van der Waals surface area contributed by atoms with Crippen molar-refractivity contribution in [1.82, 2.24) is 31.1 Å². The van der Waals surface area contributed by atoms with Gasteiger partial charge in [0, 0.05) is 14.2 Å². The van der Waals surface area contributed by atoms with Gasteiger partial charge in [0.25, 0.3) is 17.7 Å². The van der Waals surface area contributed by atoms with Crippen LogP contribution in [-0.4, -0.2) is 170 Å². The molecule has 0 radical (unpaired) electrons. The highest BCUT2D eigenvalue weighted by Gasteiger charge is 2.63. The second-order valence-corrected chi connectivity index (χ2v) is 23.9. The first-order chi connectivity index (χ1) is 34.3. The molecule has 6 rings (SSSR count). The second kappa shape index (κ2) is 23.0. The number of carboxylic acids is 4. The van der Waals surface area contributed by atoms with Crippen LogP contribution >= 0.6 is 35.3 Å². The lowest BCUT2D eigenvalue weighted by Gasteiger charge is -2.39. The standard InChI is InChI=1S/C48H56N6O16S3/c1-46(2)34(43(62)63)52-37(71-46)31(49-28(55)22-68-25-16-10-7-11-17-25)38(58)53-35(44(64)65)47(3,4)72-40(53)32(50-29(56)23-69-26-18-12-8-13-19-26)39(59)54-36(45(66)67)48(5,6)73-41(54)33(42(60)61)51-30(57)24-70-27-20-14-9-15-21-27/h7-21,31-37,40-41,52H,22-24H2,1-6H3,(H,49,55)(H,50,56)(H,51,57)(H,60,61)(H,62,63)(H,64,65)(H,66,67). The number of carbonyl (C=O) groups excluding carboxylic acids is 5. The van der Waals surface area contributed by atoms with Gasteiger partial charge >= 0.3 is 23.9 Å². The van der Waals surface area contributed by atoms with Crippen molar-refractivity contribution in [3.05, 3.63) is 91.0 Å². The van der Waals surface area contributed by atoms with Crippen LogP contribution in [0.3, 0.4) is 0 Å². The van der Waals surface area contributed by atoms with E-state index in [9.17, 15) is 54.0 Å². The molecular weight excluding hydrogens is 1010 g/mol. The summed E-state index contributed by atoms with van der Waals surface area (Å²) in [5.41, 5.74) is 0. The quantitative estimate of drug-likeness (QED) is 0.0756. The minimum absolute atomic E-state index is 0.221. The summed E-state index contributed by atoms with van der Waals surface area (Å²) in [6.45, 7) is 6.76. The minimum atomic E-state index is -2.12. The summed E-state index contributed by atoms with van der Waals surface area (Å²) in [7, 11) is 0. The van der Waals surface area contributed by atoms with E-state index in [-0.39, 0.29) is 17.2 Å². The molecule has 3 aliphatic rings. The summed E-state index contributed by atoms with van der Waals surface area (Å²) in [5.74, 6) is -10.8. The molecule has 0 spiro atoms. The fraction of sp³-hybridized carbons (Fsp3) is 0.438. The first-order valence-corrected chi connectivity index (χ1v) is 25.2. The topological polar surface area (TPSA) is 317 Å². The van der Waals surface area contributed by atoms with Crippen LogP contribution in [0.25, 0.3) is 0 Å². The van der Waals surface area contributed by atoms with Gasteiger partial charge in [0.15, 0.2) is 25.9 Å². The Morgan fingerprint density at radius 1 is 0.507 bits per heavy atom. The number of amides is 5. The molecule has 8 N–H and O–H groups in total. The molecule has 392 valence electrons. The van der Waals surface area contributed by atoms with Crippen molar-refractivity contribution in [3.63, 3.8) is 0 Å². The number of para-hydroxylation sites is 3. The number of carbonyl (C=O) groups is 9. The average Bonchev–Trinajstić information content (AvgIpc) is 3.93. The third kappa shape index (κ3) is 13.1. The van der Waals surface area contributed by atoms with Gasteiger partial charge in [-0.2, -0.15) is 0 Å². The third-order valence-corrected chi connectivity index (χ3v) is 16.6. The molecule has 3 aromatic rings. The molecular formula is C48H56N6O16S3. The zero-order chi connectivity index (χ0) is 53.6. The van der Waals surface area contributed by atoms with Crippen LogP contribution in [0.5, 0.6) is 17.2 Å². The third-order valence-electron chi connectivity index (χ3n) is 11.9. The molecule has 73 heavy (non-hydrogen) atoms. The summed E-state index contributed by atoms with van der Waals surface area (Å²) < 4.78 is 12.6. The smallest absolute Gasteiger partial charge is 0.329 e. The molecule has 3 fully saturated rings. The number of ether oxygens (including phenoxy) is 3. The Labute approximate surface area is 432 Å². The number of aliphatic carboxylic acids is 4. The van der Waals surface area contributed by atoms with Gasteiger partial charge in [-0.1, -0.05) is 54.6 Å². The van der Waals surface area contributed by atoms with Crippen molar-refractivity contribution in [3.8, 4) is 17.2 Å². The first kappa shape index (κ1) is 55.6. The molecule has 25 heteroatoms. The van der Waals surface area contributed by atoms with Gasteiger partial charge in [-0.25, -0.2) is 14.4 Å². The van der Waals surface area contributed by atoms with Crippen LogP contribution in [0.15, 0.2) is 91.0 Å². The number of hydrogen-bond donors (Lipinski definition) is 8. The van der Waals surface area contributed by atoms with Crippen LogP contribution in [0, 0.1) is 0 Å². The summed E-state index contributed by atoms with van der Waals surface area (Å²) in [5, 5.41) is 48.3. The summed E-state index contributed by atoms with van der Waals surface area (Å²) in [4.78, 5) is 127. The molecule has 9 atom stereocenters. The lowest BCUT2D eigenvalue weighted by Crippen LogP contribution is -2.67. The number of benzene rings is 3. The van der Waals surface area contributed by atoms with Crippen LogP contribution in [0.4, 0.5) is 0 Å². The molecule has 0 bridgehead atoms. The van der Waals surface area contributed by atoms with Crippen LogP contribution in [0.1, 0.15) is 41.5 Å². The molecule has 0 aromatic heterocycles. The van der Waals surface area contributed by atoms with Crippen molar-refractivity contribution >= 4 is 88.7 Å². The highest BCUT2D eigenvalue weighted by Crippen LogP contribution is 2.50. The van der Waals surface area contributed by atoms with E-state index in [2.05, 4.69) is 21.3 Å². The normalized spacial score (nSPS) is 23.7. The molecule has 22 nitrogen and oxygen atoms in total. The van der Waals surface area contributed by atoms with Gasteiger partial charge < -0.3 is 60.4 Å². The highest BCUT2D eigenvalue weighted by molar-refractivity contribution is 8.02. The zero-order valence-electron chi connectivity index (χ0n) is 40.3. The van der Waals surface area contributed by atoms with Crippen LogP contribution in [0.2, 0.25) is 0 Å². The van der Waals surface area contributed by atoms with Crippen molar-refractivity contribution < 1.29 is 77.8 Å². The molecule has 3 heterocycles. The molecule has 3 aromatic carbocycles. The van der Waals surface area contributed by atoms with Crippen LogP contribution in [-0.2, 0) is 43.2 Å². The minimum Gasteiger partial charge on any atom is -0.484 e. The van der Waals surface area contributed by atoms with E-state index in [0.717, 1.165) is 28.4 Å². The number of carboxylic acid groups (broad SMARTS) is 4. The Kier molecular flexibility index (Phi) is 17.5. The van der Waals surface area contributed by atoms with Crippen molar-refractivity contribution in [2.24, 2.45) is 0 Å². The van der Waals surface area contributed by atoms with E-state index in [1.807, 2.05) is 0 Å². The lowest BCUT2D eigenvalue weighted by atomic mass is 9.98. The largest absolute Gasteiger partial charge is 0.484 e. The number of thioether (sulfide) groups is 3. The SMILES string of the molecule is CC1(C)SC(C(NC(=O)COc2ccccc2)C(=O)N2C(C(NC(=O)COc3ccccc3)C(=O)N3C(C(NC(=O)COc4ccccc4)C(=O)O)SC(C)(C)C3C(=O)O)SC(C)(C)C2C(=O)O)NC1C(=O)O. The van der Waals surface area contributed by atoms with E-state index < -0.39 is 140 Å². The van der Waals surface area contributed by atoms with Gasteiger partial charge in [-0.3, -0.25) is 34.1 Å². The predicted molar refractivity (Wildman–Crippen MR) is 267 cm³/mol. The maximum absolute atomic E-state index is 15.8. The summed E-state index contributed by atoms with van der Waals surface area (Å²) in [6, 6.07) is 13.2. The second-order valence-electron chi connectivity index (χ2n) is 18.6. The fourth-order valence-corrected chi connectivity index (χ4v) is 13.4. The Balaban J connectivity index is 1.45. The van der Waals surface area contributed by atoms with E-state index in [1.54, 1.807) is 92.7 Å². The van der Waals surface area contributed by atoms with E-state index in [1.165, 1.54) is 39.8 Å².